The molecule has 2 aromatic heterocycles. The van der Waals surface area contributed by atoms with Gasteiger partial charge >= 0.3 is 0 Å². The highest BCUT2D eigenvalue weighted by Gasteiger charge is 2.46. The molecule has 1 aromatic carbocycles. The Morgan fingerprint density at radius 1 is 1.12 bits per heavy atom. The van der Waals surface area contributed by atoms with Crippen molar-refractivity contribution < 1.29 is 13.5 Å². The number of thioether (sulfide) groups is 1. The Kier molecular flexibility index (Phi) is 9.15. The molecule has 2 aliphatic heterocycles. The second-order valence-electron chi connectivity index (χ2n) is 11.7. The van der Waals surface area contributed by atoms with Gasteiger partial charge in [0.25, 0.3) is 5.92 Å². The number of pyridine rings is 1. The minimum absolute atomic E-state index is 0.211. The summed E-state index contributed by atoms with van der Waals surface area (Å²) < 4.78 is 35.4. The molecule has 2 saturated heterocycles. The third kappa shape index (κ3) is 6.84. The summed E-state index contributed by atoms with van der Waals surface area (Å²) in [5.74, 6) is 0.712. The highest BCUT2D eigenvalue weighted by atomic mass is 32.2. The fourth-order valence-corrected chi connectivity index (χ4v) is 6.26. The average molecular weight is 586 g/mol. The fraction of sp³-hybridized carbons (Fsp3) is 0.567. The zero-order chi connectivity index (χ0) is 29.1. The summed E-state index contributed by atoms with van der Waals surface area (Å²) in [6, 6.07) is 8.26. The molecule has 222 valence electrons. The number of anilines is 4. The molecular formula is C30H41F2N7OS. The number of nitrogens with one attached hydrogen (secondary N) is 1. The van der Waals surface area contributed by atoms with Crippen LogP contribution < -0.4 is 15.1 Å². The number of likely N-dealkylation sites (N-methyl/N-ethyl adjacent to an activating group) is 1. The van der Waals surface area contributed by atoms with Gasteiger partial charge in [0.1, 0.15) is 17.7 Å². The van der Waals surface area contributed by atoms with Gasteiger partial charge in [0.05, 0.1) is 13.2 Å². The minimum Gasteiger partial charge on any atom is -0.370 e. The van der Waals surface area contributed by atoms with Crippen LogP contribution in [0.1, 0.15) is 31.7 Å². The number of rotatable bonds is 11. The van der Waals surface area contributed by atoms with Crippen molar-refractivity contribution in [3.8, 4) is 0 Å². The topological polar surface area (TPSA) is 69.7 Å². The number of aromatic nitrogens is 3. The standard InChI is InChI=1S/C30H41F2N7OS/c1-20(2)22-6-7-25(39-16-21(17-39)18-41-5)24-15-34-28(14-23(22)24)35-27-8-10-33-29(36-27)38-11-9-26(30(31,32)19-38)40-13-12-37(3)4/h6-8,10,14-15,20-21,26H,9,11-13,16-19H2,1-5H3,(H,33,34,35,36). The van der Waals surface area contributed by atoms with Crippen LogP contribution >= 0.6 is 11.8 Å². The number of halogens is 2. The summed E-state index contributed by atoms with van der Waals surface area (Å²) in [6.07, 6.45) is 4.80. The molecule has 11 heteroatoms. The van der Waals surface area contributed by atoms with Gasteiger partial charge in [-0.3, -0.25) is 0 Å². The number of hydrogen-bond acceptors (Lipinski definition) is 9. The van der Waals surface area contributed by atoms with E-state index in [-0.39, 0.29) is 19.0 Å². The summed E-state index contributed by atoms with van der Waals surface area (Å²) in [7, 11) is 3.79. The van der Waals surface area contributed by atoms with Crippen LogP contribution in [0.2, 0.25) is 0 Å². The predicted molar refractivity (Wildman–Crippen MR) is 165 cm³/mol. The zero-order valence-corrected chi connectivity index (χ0v) is 25.4. The van der Waals surface area contributed by atoms with Crippen molar-refractivity contribution in [2.24, 2.45) is 5.92 Å². The molecule has 5 rings (SSSR count). The lowest BCUT2D eigenvalue weighted by atomic mass is 9.93. The van der Waals surface area contributed by atoms with Crippen molar-refractivity contribution in [1.82, 2.24) is 19.9 Å². The first-order valence-electron chi connectivity index (χ1n) is 14.3. The van der Waals surface area contributed by atoms with Crippen molar-refractivity contribution in [1.29, 1.82) is 0 Å². The number of fused-ring (bicyclic) bond motifs is 1. The lowest BCUT2D eigenvalue weighted by molar-refractivity contribution is -0.144. The number of benzene rings is 1. The number of piperidine rings is 1. The van der Waals surface area contributed by atoms with Gasteiger partial charge in [-0.1, -0.05) is 19.9 Å². The third-order valence-corrected chi connectivity index (χ3v) is 8.61. The quantitative estimate of drug-likeness (QED) is 0.315. The van der Waals surface area contributed by atoms with E-state index in [1.807, 2.05) is 37.0 Å². The molecule has 4 heterocycles. The van der Waals surface area contributed by atoms with Gasteiger partial charge in [-0.05, 0) is 67.6 Å². The molecule has 0 saturated carbocycles. The Bertz CT molecular complexity index is 1340. The van der Waals surface area contributed by atoms with Crippen molar-refractivity contribution in [3.63, 3.8) is 0 Å². The Labute approximate surface area is 245 Å². The van der Waals surface area contributed by atoms with Crippen molar-refractivity contribution >= 4 is 45.8 Å². The second kappa shape index (κ2) is 12.6. The lowest BCUT2D eigenvalue weighted by Crippen LogP contribution is -2.53. The van der Waals surface area contributed by atoms with Crippen LogP contribution in [0.5, 0.6) is 0 Å². The maximum atomic E-state index is 14.9. The van der Waals surface area contributed by atoms with Crippen molar-refractivity contribution in [3.05, 3.63) is 42.2 Å². The molecule has 3 aromatic rings. The summed E-state index contributed by atoms with van der Waals surface area (Å²) in [5.41, 5.74) is 2.48. The Morgan fingerprint density at radius 3 is 2.63 bits per heavy atom. The summed E-state index contributed by atoms with van der Waals surface area (Å²) in [4.78, 5) is 19.5. The Hall–Kier alpha value is -2.76. The maximum absolute atomic E-state index is 14.9. The molecule has 1 unspecified atom stereocenters. The van der Waals surface area contributed by atoms with Gasteiger partial charge in [0.2, 0.25) is 5.95 Å². The van der Waals surface area contributed by atoms with Gasteiger partial charge in [0.15, 0.2) is 0 Å². The molecule has 2 fully saturated rings. The molecule has 0 amide bonds. The van der Waals surface area contributed by atoms with Crippen LogP contribution in [0.15, 0.2) is 36.7 Å². The molecule has 2 aliphatic rings. The van der Waals surface area contributed by atoms with Crippen molar-refractivity contribution in [2.75, 3.05) is 80.6 Å². The first kappa shape index (κ1) is 29.7. The Morgan fingerprint density at radius 2 is 1.93 bits per heavy atom. The molecular weight excluding hydrogens is 544 g/mol. The first-order chi connectivity index (χ1) is 19.6. The van der Waals surface area contributed by atoms with E-state index in [0.29, 0.717) is 30.6 Å². The minimum atomic E-state index is -2.99. The molecule has 0 aliphatic carbocycles. The van der Waals surface area contributed by atoms with Gasteiger partial charge in [-0.2, -0.15) is 16.7 Å². The van der Waals surface area contributed by atoms with E-state index in [9.17, 15) is 8.78 Å². The third-order valence-electron chi connectivity index (χ3n) is 7.81. The lowest BCUT2D eigenvalue weighted by Gasteiger charge is -2.41. The second-order valence-corrected chi connectivity index (χ2v) is 12.6. The smallest absolute Gasteiger partial charge is 0.290 e. The van der Waals surface area contributed by atoms with Gasteiger partial charge in [-0.25, -0.2) is 18.7 Å². The number of hydrogen-bond donors (Lipinski definition) is 1. The van der Waals surface area contributed by atoms with Gasteiger partial charge in [-0.15, -0.1) is 0 Å². The molecule has 0 bridgehead atoms. The first-order valence-corrected chi connectivity index (χ1v) is 15.7. The van der Waals surface area contributed by atoms with Crippen LogP contribution in [0.25, 0.3) is 10.8 Å². The van der Waals surface area contributed by atoms with Crippen molar-refractivity contribution in [2.45, 2.75) is 38.2 Å². The Balaban J connectivity index is 1.31. The largest absolute Gasteiger partial charge is 0.370 e. The maximum Gasteiger partial charge on any atom is 0.290 e. The molecule has 1 atom stereocenters. The van der Waals surface area contributed by atoms with Crippen LogP contribution in [-0.2, 0) is 4.74 Å². The van der Waals surface area contributed by atoms with Gasteiger partial charge < -0.3 is 24.8 Å². The number of ether oxygens (including phenoxy) is 1. The summed E-state index contributed by atoms with van der Waals surface area (Å²) >= 11 is 1.90. The van der Waals surface area contributed by atoms with Crippen LogP contribution in [0, 0.1) is 5.92 Å². The number of nitrogens with zero attached hydrogens (tertiary/aromatic N) is 6. The molecule has 0 radical (unpaired) electrons. The highest BCUT2D eigenvalue weighted by Crippen LogP contribution is 2.37. The predicted octanol–water partition coefficient (Wildman–Crippen LogP) is 5.48. The zero-order valence-electron chi connectivity index (χ0n) is 24.6. The van der Waals surface area contributed by atoms with E-state index in [4.69, 9.17) is 9.72 Å². The molecule has 8 nitrogen and oxygen atoms in total. The average Bonchev–Trinajstić information content (AvgIpc) is 2.90. The van der Waals surface area contributed by atoms with E-state index >= 15 is 0 Å². The summed E-state index contributed by atoms with van der Waals surface area (Å²) in [5, 5.41) is 5.59. The van der Waals surface area contributed by atoms with E-state index in [0.717, 1.165) is 29.8 Å². The van der Waals surface area contributed by atoms with E-state index in [1.165, 1.54) is 21.9 Å². The van der Waals surface area contributed by atoms with Gasteiger partial charge in [0, 0.05) is 55.6 Å². The highest BCUT2D eigenvalue weighted by molar-refractivity contribution is 7.98. The normalized spacial score (nSPS) is 19.3. The number of alkyl halides is 2. The molecule has 1 N–H and O–H groups in total. The van der Waals surface area contributed by atoms with Crippen LogP contribution in [0.3, 0.4) is 0 Å². The van der Waals surface area contributed by atoms with E-state index in [1.54, 1.807) is 12.3 Å². The SMILES string of the molecule is CSCC1CN(c2ccc(C(C)C)c3cc(Nc4ccnc(N5CCC(OCCN(C)C)C(F)(F)C5)n4)ncc23)C1. The summed E-state index contributed by atoms with van der Waals surface area (Å²) in [6.45, 7) is 7.33. The van der Waals surface area contributed by atoms with Crippen LogP contribution in [-0.4, -0.2) is 97.3 Å². The fourth-order valence-electron chi connectivity index (χ4n) is 5.58. The van der Waals surface area contributed by atoms with E-state index in [2.05, 4.69) is 58.5 Å². The van der Waals surface area contributed by atoms with E-state index < -0.39 is 18.6 Å². The van der Waals surface area contributed by atoms with Crippen LogP contribution in [0.4, 0.5) is 32.1 Å². The monoisotopic (exact) mass is 585 g/mol. The molecule has 0 spiro atoms. The molecule has 41 heavy (non-hydrogen) atoms.